The molecular formula is C20H16N8O3. The molecular weight excluding hydrogens is 400 g/mol. The van der Waals surface area contributed by atoms with Crippen molar-refractivity contribution in [2.45, 2.75) is 19.0 Å². The summed E-state index contributed by atoms with van der Waals surface area (Å²) in [5, 5.41) is 17.8. The maximum absolute atomic E-state index is 13.2. The topological polar surface area (TPSA) is 132 Å². The molecule has 1 atom stereocenters. The fourth-order valence-electron chi connectivity index (χ4n) is 3.43. The Morgan fingerprint density at radius 3 is 2.71 bits per heavy atom. The Morgan fingerprint density at radius 1 is 1.10 bits per heavy atom. The molecule has 1 N–H and O–H groups in total. The lowest BCUT2D eigenvalue weighted by atomic mass is 9.91. The molecule has 3 amide bonds. The van der Waals surface area contributed by atoms with Crippen LogP contribution in [0.5, 0.6) is 0 Å². The number of nitrogens with zero attached hydrogens (tertiary/aromatic N) is 7. The molecule has 1 aliphatic rings. The lowest BCUT2D eigenvalue weighted by Gasteiger charge is -2.22. The van der Waals surface area contributed by atoms with Crippen molar-refractivity contribution < 1.29 is 14.1 Å². The molecule has 1 saturated heterocycles. The number of imide groups is 1. The molecule has 5 rings (SSSR count). The third-order valence-corrected chi connectivity index (χ3v) is 5.11. The van der Waals surface area contributed by atoms with Crippen molar-refractivity contribution in [1.29, 1.82) is 0 Å². The van der Waals surface area contributed by atoms with E-state index >= 15 is 0 Å². The zero-order chi connectivity index (χ0) is 21.4. The third-order valence-electron chi connectivity index (χ3n) is 5.11. The van der Waals surface area contributed by atoms with Gasteiger partial charge in [-0.3, -0.25) is 9.69 Å². The molecule has 11 nitrogen and oxygen atoms in total. The zero-order valence-corrected chi connectivity index (χ0v) is 16.3. The lowest BCUT2D eigenvalue weighted by molar-refractivity contribution is -0.131. The van der Waals surface area contributed by atoms with E-state index in [1.165, 1.54) is 11.0 Å². The number of benzene rings is 2. The molecule has 11 heteroatoms. The lowest BCUT2D eigenvalue weighted by Crippen LogP contribution is -2.40. The fraction of sp³-hybridized carbons (Fsp3) is 0.150. The van der Waals surface area contributed by atoms with E-state index in [9.17, 15) is 9.59 Å². The molecule has 1 fully saturated rings. The van der Waals surface area contributed by atoms with Gasteiger partial charge in [0.1, 0.15) is 18.4 Å². The van der Waals surface area contributed by atoms with E-state index in [2.05, 4.69) is 31.0 Å². The van der Waals surface area contributed by atoms with Crippen LogP contribution in [0.3, 0.4) is 0 Å². The number of urea groups is 1. The average molecular weight is 416 g/mol. The zero-order valence-electron chi connectivity index (χ0n) is 16.3. The Morgan fingerprint density at radius 2 is 1.94 bits per heavy atom. The summed E-state index contributed by atoms with van der Waals surface area (Å²) >= 11 is 0. The summed E-state index contributed by atoms with van der Waals surface area (Å²) in [4.78, 5) is 31.2. The van der Waals surface area contributed by atoms with Crippen LogP contribution < -0.4 is 5.32 Å². The minimum Gasteiger partial charge on any atom is -0.337 e. The van der Waals surface area contributed by atoms with Crippen LogP contribution in [-0.4, -0.2) is 47.2 Å². The molecule has 1 unspecified atom stereocenters. The Hall–Kier alpha value is -4.41. The van der Waals surface area contributed by atoms with Crippen molar-refractivity contribution >= 4 is 11.9 Å². The summed E-state index contributed by atoms with van der Waals surface area (Å²) in [7, 11) is 0. The second-order valence-corrected chi connectivity index (χ2v) is 7.13. The first kappa shape index (κ1) is 18.6. The average Bonchev–Trinajstić information content (AvgIpc) is 3.53. The number of amides is 3. The van der Waals surface area contributed by atoms with Gasteiger partial charge in [0, 0.05) is 5.56 Å². The van der Waals surface area contributed by atoms with Crippen LogP contribution in [0.15, 0.2) is 65.4 Å². The first-order chi connectivity index (χ1) is 15.0. The van der Waals surface area contributed by atoms with E-state index < -0.39 is 17.5 Å². The van der Waals surface area contributed by atoms with E-state index in [-0.39, 0.29) is 12.4 Å². The van der Waals surface area contributed by atoms with Crippen LogP contribution in [0, 0.1) is 0 Å². The molecule has 0 bridgehead atoms. The minimum atomic E-state index is -1.26. The van der Waals surface area contributed by atoms with Crippen LogP contribution in [0.2, 0.25) is 0 Å². The minimum absolute atomic E-state index is 0.132. The van der Waals surface area contributed by atoms with Gasteiger partial charge in [0.05, 0.1) is 5.69 Å². The Balaban J connectivity index is 1.40. The van der Waals surface area contributed by atoms with E-state index in [0.29, 0.717) is 17.1 Å². The molecule has 0 spiro atoms. The van der Waals surface area contributed by atoms with Crippen LogP contribution in [0.1, 0.15) is 18.4 Å². The van der Waals surface area contributed by atoms with Crippen molar-refractivity contribution in [2.75, 3.05) is 0 Å². The number of rotatable bonds is 5. The molecule has 3 heterocycles. The number of carbonyl (C=O) groups excluding carboxylic acids is 2. The number of aromatic nitrogens is 6. The number of carbonyl (C=O) groups is 2. The summed E-state index contributed by atoms with van der Waals surface area (Å²) in [6, 6.07) is 15.8. The molecule has 0 saturated carbocycles. The van der Waals surface area contributed by atoms with Gasteiger partial charge in [-0.25, -0.2) is 9.48 Å². The summed E-state index contributed by atoms with van der Waals surface area (Å²) in [5.41, 5.74) is 0.771. The summed E-state index contributed by atoms with van der Waals surface area (Å²) in [5.74, 6) is 0.124. The highest BCUT2D eigenvalue weighted by molar-refractivity contribution is 6.07. The fourth-order valence-corrected chi connectivity index (χ4v) is 3.43. The van der Waals surface area contributed by atoms with Crippen LogP contribution in [-0.2, 0) is 16.9 Å². The van der Waals surface area contributed by atoms with Gasteiger partial charge in [0.25, 0.3) is 5.91 Å². The molecule has 1 aliphatic heterocycles. The van der Waals surface area contributed by atoms with Crippen LogP contribution >= 0.6 is 0 Å². The van der Waals surface area contributed by atoms with Gasteiger partial charge in [-0.05, 0) is 35.0 Å². The summed E-state index contributed by atoms with van der Waals surface area (Å²) < 4.78 is 6.73. The van der Waals surface area contributed by atoms with Crippen LogP contribution in [0.25, 0.3) is 17.1 Å². The highest BCUT2D eigenvalue weighted by Crippen LogP contribution is 2.31. The van der Waals surface area contributed by atoms with Gasteiger partial charge in [-0.1, -0.05) is 47.6 Å². The molecule has 2 aromatic heterocycles. The van der Waals surface area contributed by atoms with E-state index in [1.54, 1.807) is 31.2 Å². The van der Waals surface area contributed by atoms with Crippen LogP contribution in [0.4, 0.5) is 4.79 Å². The molecule has 31 heavy (non-hydrogen) atoms. The molecule has 0 aliphatic carbocycles. The third kappa shape index (κ3) is 3.21. The second-order valence-electron chi connectivity index (χ2n) is 7.13. The van der Waals surface area contributed by atoms with Crippen molar-refractivity contribution in [2.24, 2.45) is 0 Å². The van der Waals surface area contributed by atoms with Crippen molar-refractivity contribution in [3.05, 3.63) is 72.4 Å². The highest BCUT2D eigenvalue weighted by Gasteiger charge is 2.49. The summed E-state index contributed by atoms with van der Waals surface area (Å²) in [6.07, 6.45) is 1.45. The van der Waals surface area contributed by atoms with Gasteiger partial charge in [-0.15, -0.1) is 5.10 Å². The first-order valence-corrected chi connectivity index (χ1v) is 9.40. The standard InChI is InChI=1S/C20H16N8O3/c1-20(14-8-5-9-15(10-14)28-12-21-25-26-28)18(29)27(19(30)23-20)11-16-22-17(24-31-16)13-6-3-2-4-7-13/h2-10,12H,11H2,1H3,(H,23,30). The Bertz CT molecular complexity index is 1250. The number of hydrogen-bond donors (Lipinski definition) is 1. The number of tetrazole rings is 1. The van der Waals surface area contributed by atoms with Gasteiger partial charge in [-0.2, -0.15) is 4.98 Å². The Labute approximate surface area is 175 Å². The van der Waals surface area contributed by atoms with E-state index in [0.717, 1.165) is 10.5 Å². The van der Waals surface area contributed by atoms with Crippen molar-refractivity contribution in [3.8, 4) is 17.1 Å². The monoisotopic (exact) mass is 416 g/mol. The quantitative estimate of drug-likeness (QED) is 0.486. The maximum atomic E-state index is 13.2. The SMILES string of the molecule is CC1(c2cccc(-n3cnnn3)c2)NC(=O)N(Cc2nc(-c3ccccc3)no2)C1=O. The van der Waals surface area contributed by atoms with E-state index in [1.807, 2.05) is 30.3 Å². The van der Waals surface area contributed by atoms with E-state index in [4.69, 9.17) is 4.52 Å². The van der Waals surface area contributed by atoms with Gasteiger partial charge in [0.15, 0.2) is 0 Å². The molecule has 4 aromatic rings. The van der Waals surface area contributed by atoms with Gasteiger partial charge >= 0.3 is 6.03 Å². The van der Waals surface area contributed by atoms with Gasteiger partial charge in [0.2, 0.25) is 11.7 Å². The number of hydrogen-bond acceptors (Lipinski definition) is 8. The molecule has 0 radical (unpaired) electrons. The van der Waals surface area contributed by atoms with Gasteiger partial charge < -0.3 is 9.84 Å². The largest absolute Gasteiger partial charge is 0.337 e. The normalized spacial score (nSPS) is 18.4. The molecule has 2 aromatic carbocycles. The Kier molecular flexibility index (Phi) is 4.28. The predicted molar refractivity (Wildman–Crippen MR) is 105 cm³/mol. The predicted octanol–water partition coefficient (Wildman–Crippen LogP) is 1.68. The second kappa shape index (κ2) is 7.13. The summed E-state index contributed by atoms with van der Waals surface area (Å²) in [6.45, 7) is 1.52. The highest BCUT2D eigenvalue weighted by atomic mass is 16.5. The van der Waals surface area contributed by atoms with Crippen molar-refractivity contribution in [3.63, 3.8) is 0 Å². The first-order valence-electron chi connectivity index (χ1n) is 9.40. The molecule has 154 valence electrons. The maximum Gasteiger partial charge on any atom is 0.325 e. The van der Waals surface area contributed by atoms with Crippen molar-refractivity contribution in [1.82, 2.24) is 40.6 Å². The number of nitrogens with one attached hydrogen (secondary N) is 1. The smallest absolute Gasteiger partial charge is 0.325 e.